The minimum Gasteiger partial charge on any atom is -0.346 e. The molecule has 2 amide bonds. The highest BCUT2D eigenvalue weighted by Gasteiger charge is 2.34. The second-order valence-electron chi connectivity index (χ2n) is 8.57. The highest BCUT2D eigenvalue weighted by atomic mass is 32.2. The van der Waals surface area contributed by atoms with E-state index in [0.29, 0.717) is 25.9 Å². The standard InChI is InChI=1S/C25H31FN4O4S/c1-3-13-27-24(31)17-28-25(32)18-30(35(2,33)34)20-11-14-29(15-12-20)23(16-26)22-10-6-8-19-7-4-5-9-21(19)22/h1,4-10,20,23H,11-18H2,2H3,(H,27,31)(H,28,32). The Labute approximate surface area is 205 Å². The Kier molecular flexibility index (Phi) is 9.20. The summed E-state index contributed by atoms with van der Waals surface area (Å²) >= 11 is 0. The van der Waals surface area contributed by atoms with Crippen LogP contribution < -0.4 is 10.6 Å². The van der Waals surface area contributed by atoms with Gasteiger partial charge < -0.3 is 10.6 Å². The van der Waals surface area contributed by atoms with Crippen LogP contribution >= 0.6 is 0 Å². The molecule has 2 N–H and O–H groups in total. The summed E-state index contributed by atoms with van der Waals surface area (Å²) in [7, 11) is -3.68. The molecule has 1 heterocycles. The molecule has 0 saturated carbocycles. The van der Waals surface area contributed by atoms with Crippen LogP contribution in [0.4, 0.5) is 4.39 Å². The van der Waals surface area contributed by atoms with Gasteiger partial charge in [-0.1, -0.05) is 48.4 Å². The van der Waals surface area contributed by atoms with Gasteiger partial charge in [0.2, 0.25) is 21.8 Å². The SMILES string of the molecule is C#CCNC(=O)CNC(=O)CN(C1CCN(C(CF)c2cccc3ccccc23)CC1)S(C)(=O)=O. The van der Waals surface area contributed by atoms with Gasteiger partial charge in [0.25, 0.3) is 0 Å². The Bertz CT molecular complexity index is 1180. The second-order valence-corrected chi connectivity index (χ2v) is 10.5. The van der Waals surface area contributed by atoms with Crippen LogP contribution in [0.1, 0.15) is 24.4 Å². The van der Waals surface area contributed by atoms with Crippen LogP contribution in [0.2, 0.25) is 0 Å². The van der Waals surface area contributed by atoms with Gasteiger partial charge in [-0.3, -0.25) is 14.5 Å². The van der Waals surface area contributed by atoms with Crippen molar-refractivity contribution in [2.24, 2.45) is 0 Å². The lowest BCUT2D eigenvalue weighted by atomic mass is 9.95. The third kappa shape index (κ3) is 7.01. The summed E-state index contributed by atoms with van der Waals surface area (Å²) in [6.07, 6.45) is 7.06. The lowest BCUT2D eigenvalue weighted by Crippen LogP contribution is -2.51. The zero-order valence-corrected chi connectivity index (χ0v) is 20.6. The van der Waals surface area contributed by atoms with Gasteiger partial charge in [0.05, 0.1) is 31.9 Å². The van der Waals surface area contributed by atoms with E-state index in [4.69, 9.17) is 6.42 Å². The van der Waals surface area contributed by atoms with Crippen molar-refractivity contribution in [3.63, 3.8) is 0 Å². The first kappa shape index (κ1) is 26.6. The summed E-state index contributed by atoms with van der Waals surface area (Å²) in [6.45, 7) is -0.212. The Balaban J connectivity index is 1.64. The summed E-state index contributed by atoms with van der Waals surface area (Å²) in [6, 6.07) is 12.9. The summed E-state index contributed by atoms with van der Waals surface area (Å²) < 4.78 is 40.3. The van der Waals surface area contributed by atoms with Gasteiger partial charge in [-0.15, -0.1) is 6.42 Å². The molecule has 10 heteroatoms. The number of carbonyl (C=O) groups is 2. The van der Waals surface area contributed by atoms with Crippen molar-refractivity contribution < 1.29 is 22.4 Å². The van der Waals surface area contributed by atoms with Crippen molar-refractivity contribution >= 4 is 32.6 Å². The molecule has 2 aromatic rings. The van der Waals surface area contributed by atoms with E-state index >= 15 is 0 Å². The fourth-order valence-electron chi connectivity index (χ4n) is 4.51. The van der Waals surface area contributed by atoms with Gasteiger partial charge in [0, 0.05) is 19.1 Å². The first-order valence-corrected chi connectivity index (χ1v) is 13.3. The van der Waals surface area contributed by atoms with Gasteiger partial charge in [0.1, 0.15) is 6.67 Å². The molecule has 0 bridgehead atoms. The number of amides is 2. The number of alkyl halides is 1. The number of halogens is 1. The minimum absolute atomic E-state index is 0.0430. The zero-order chi connectivity index (χ0) is 25.4. The number of piperidine rings is 1. The molecule has 8 nitrogen and oxygen atoms in total. The van der Waals surface area contributed by atoms with Crippen molar-refractivity contribution in [3.05, 3.63) is 48.0 Å². The molecule has 0 aliphatic carbocycles. The summed E-state index contributed by atoms with van der Waals surface area (Å²) in [5, 5.41) is 6.89. The molecule has 0 spiro atoms. The number of likely N-dealkylation sites (tertiary alicyclic amines) is 1. The van der Waals surface area contributed by atoms with E-state index in [-0.39, 0.29) is 19.6 Å². The Morgan fingerprint density at radius 2 is 1.83 bits per heavy atom. The lowest BCUT2D eigenvalue weighted by molar-refractivity contribution is -0.126. The normalized spacial score (nSPS) is 16.1. The third-order valence-corrected chi connectivity index (χ3v) is 7.51. The van der Waals surface area contributed by atoms with E-state index in [0.717, 1.165) is 22.6 Å². The molecule has 0 aromatic heterocycles. The molecular weight excluding hydrogens is 471 g/mol. The average Bonchev–Trinajstić information content (AvgIpc) is 2.85. The van der Waals surface area contributed by atoms with Gasteiger partial charge >= 0.3 is 0 Å². The smallest absolute Gasteiger partial charge is 0.240 e. The number of benzene rings is 2. The maximum absolute atomic E-state index is 14.3. The Morgan fingerprint density at radius 3 is 2.49 bits per heavy atom. The van der Waals surface area contributed by atoms with Gasteiger partial charge in [0.15, 0.2) is 0 Å². The fraction of sp³-hybridized carbons (Fsp3) is 0.440. The molecule has 188 valence electrons. The number of fused-ring (bicyclic) bond motifs is 1. The summed E-state index contributed by atoms with van der Waals surface area (Å²) in [4.78, 5) is 26.0. The van der Waals surface area contributed by atoms with E-state index in [1.807, 2.05) is 47.4 Å². The number of sulfonamides is 1. The lowest BCUT2D eigenvalue weighted by Gasteiger charge is -2.40. The predicted molar refractivity (Wildman–Crippen MR) is 134 cm³/mol. The van der Waals surface area contributed by atoms with Gasteiger partial charge in [-0.2, -0.15) is 4.31 Å². The fourth-order valence-corrected chi connectivity index (χ4v) is 5.61. The van der Waals surface area contributed by atoms with Crippen molar-refractivity contribution in [2.45, 2.75) is 24.9 Å². The summed E-state index contributed by atoms with van der Waals surface area (Å²) in [5.74, 6) is 1.22. The van der Waals surface area contributed by atoms with E-state index in [1.54, 1.807) is 0 Å². The van der Waals surface area contributed by atoms with Crippen LogP contribution in [0, 0.1) is 12.3 Å². The summed E-state index contributed by atoms with van der Waals surface area (Å²) in [5.41, 5.74) is 0.909. The molecule has 1 aliphatic rings. The van der Waals surface area contributed by atoms with Crippen LogP contribution in [0.3, 0.4) is 0 Å². The molecule has 1 saturated heterocycles. The number of hydrogen-bond acceptors (Lipinski definition) is 5. The quantitative estimate of drug-likeness (QED) is 0.479. The van der Waals surface area contributed by atoms with E-state index in [1.165, 1.54) is 4.31 Å². The Hall–Kier alpha value is -3.00. The zero-order valence-electron chi connectivity index (χ0n) is 19.7. The molecule has 35 heavy (non-hydrogen) atoms. The maximum Gasteiger partial charge on any atom is 0.240 e. The molecule has 1 unspecified atom stereocenters. The van der Waals surface area contributed by atoms with Crippen LogP contribution in [-0.4, -0.2) is 81.1 Å². The molecule has 3 rings (SSSR count). The molecular formula is C25H31FN4O4S. The van der Waals surface area contributed by atoms with Crippen molar-refractivity contribution in [1.29, 1.82) is 0 Å². The molecule has 1 aliphatic heterocycles. The van der Waals surface area contributed by atoms with Gasteiger partial charge in [-0.25, -0.2) is 12.8 Å². The number of hydrogen-bond donors (Lipinski definition) is 2. The minimum atomic E-state index is -3.68. The topological polar surface area (TPSA) is 98.8 Å². The van der Waals surface area contributed by atoms with E-state index < -0.39 is 40.6 Å². The first-order valence-electron chi connectivity index (χ1n) is 11.5. The second kappa shape index (κ2) is 12.1. The van der Waals surface area contributed by atoms with Crippen molar-refractivity contribution in [1.82, 2.24) is 19.8 Å². The Morgan fingerprint density at radius 1 is 1.14 bits per heavy atom. The molecule has 1 fully saturated rings. The van der Waals surface area contributed by atoms with Crippen LogP contribution in [0.25, 0.3) is 10.8 Å². The monoisotopic (exact) mass is 502 g/mol. The largest absolute Gasteiger partial charge is 0.346 e. The number of rotatable bonds is 10. The highest BCUT2D eigenvalue weighted by molar-refractivity contribution is 7.88. The van der Waals surface area contributed by atoms with E-state index in [9.17, 15) is 22.4 Å². The number of carbonyl (C=O) groups excluding carboxylic acids is 2. The molecule has 2 aromatic carbocycles. The van der Waals surface area contributed by atoms with Crippen molar-refractivity contribution in [3.8, 4) is 12.3 Å². The predicted octanol–water partition coefficient (Wildman–Crippen LogP) is 1.44. The van der Waals surface area contributed by atoms with Crippen LogP contribution in [0.5, 0.6) is 0 Å². The number of nitrogens with zero attached hydrogens (tertiary/aromatic N) is 2. The highest BCUT2D eigenvalue weighted by Crippen LogP contribution is 2.32. The first-order chi connectivity index (χ1) is 16.7. The van der Waals surface area contributed by atoms with Gasteiger partial charge in [-0.05, 0) is 29.2 Å². The number of terminal acetylenes is 1. The number of nitrogens with one attached hydrogen (secondary N) is 2. The van der Waals surface area contributed by atoms with Crippen LogP contribution in [-0.2, 0) is 19.6 Å². The average molecular weight is 503 g/mol. The maximum atomic E-state index is 14.3. The third-order valence-electron chi connectivity index (χ3n) is 6.23. The molecule has 0 radical (unpaired) electrons. The van der Waals surface area contributed by atoms with E-state index in [2.05, 4.69) is 16.6 Å². The van der Waals surface area contributed by atoms with Crippen molar-refractivity contribution in [2.75, 3.05) is 45.7 Å². The molecule has 1 atom stereocenters. The van der Waals surface area contributed by atoms with Crippen LogP contribution in [0.15, 0.2) is 42.5 Å².